The zero-order valence-corrected chi connectivity index (χ0v) is 21.9. The van der Waals surface area contributed by atoms with Gasteiger partial charge in [0.05, 0.1) is 35.7 Å². The van der Waals surface area contributed by atoms with Gasteiger partial charge in [0.1, 0.15) is 11.5 Å². The molecule has 0 saturated carbocycles. The Morgan fingerprint density at radius 2 is 1.39 bits per heavy atom. The molecule has 0 aliphatic carbocycles. The summed E-state index contributed by atoms with van der Waals surface area (Å²) in [7, 11) is -2.19. The molecule has 3 aromatic carbocycles. The van der Waals surface area contributed by atoms with Gasteiger partial charge in [-0.2, -0.15) is 10.2 Å². The van der Waals surface area contributed by atoms with Crippen LogP contribution < -0.4 is 9.47 Å². The maximum absolute atomic E-state index is 12.9. The highest BCUT2D eigenvalue weighted by atomic mass is 32.2. The summed E-state index contributed by atoms with van der Waals surface area (Å²) in [6, 6.07) is 25.9. The van der Waals surface area contributed by atoms with Crippen molar-refractivity contribution in [2.24, 2.45) is 10.2 Å². The molecule has 0 unspecified atom stereocenters. The monoisotopic (exact) mass is 531 g/mol. The Bertz CT molecular complexity index is 1460. The summed E-state index contributed by atoms with van der Waals surface area (Å²) >= 11 is 0. The van der Waals surface area contributed by atoms with Crippen LogP contribution in [-0.2, 0) is 10.0 Å². The topological polar surface area (TPSA) is 99.3 Å². The van der Waals surface area contributed by atoms with Gasteiger partial charge in [-0.1, -0.05) is 18.2 Å². The molecule has 0 bridgehead atoms. The van der Waals surface area contributed by atoms with Crippen molar-refractivity contribution >= 4 is 27.2 Å². The number of azo groups is 1. The fourth-order valence-corrected chi connectivity index (χ4v) is 5.13. The Balaban J connectivity index is 1.19. The van der Waals surface area contributed by atoms with Gasteiger partial charge in [0.25, 0.3) is 10.0 Å². The van der Waals surface area contributed by atoms with E-state index in [0.717, 1.165) is 34.0 Å². The summed E-state index contributed by atoms with van der Waals surface area (Å²) in [6.45, 7) is 0.514. The number of benzene rings is 3. The van der Waals surface area contributed by atoms with Gasteiger partial charge in [0.15, 0.2) is 5.78 Å². The quantitative estimate of drug-likeness (QED) is 0.105. The SMILES string of the molecule is COc1ccc(N=Nc2ccc(OCCCCCC(=O)c3cccn3S(=O)(=O)c3ccccc3)cc2)cc1. The standard InChI is InChI=1S/C29H29N3O5S/c1-36-25-17-13-23(14-18-25)30-31-24-15-19-26(20-16-24)37-22-7-3-6-12-29(33)28-11-8-21-32(28)38(34,35)27-9-4-2-5-10-27/h2,4-5,8-11,13-21H,3,6-7,12,22H2,1H3. The second-order valence-electron chi connectivity index (χ2n) is 8.48. The van der Waals surface area contributed by atoms with Crippen LogP contribution in [0.3, 0.4) is 0 Å². The van der Waals surface area contributed by atoms with Gasteiger partial charge in [-0.25, -0.2) is 12.4 Å². The fourth-order valence-electron chi connectivity index (χ4n) is 3.75. The highest BCUT2D eigenvalue weighted by Crippen LogP contribution is 2.23. The van der Waals surface area contributed by atoms with Crippen LogP contribution in [-0.4, -0.2) is 31.9 Å². The number of ether oxygens (including phenoxy) is 2. The molecular weight excluding hydrogens is 502 g/mol. The van der Waals surface area contributed by atoms with Crippen LogP contribution in [0.1, 0.15) is 36.2 Å². The summed E-state index contributed by atoms with van der Waals surface area (Å²) in [5.74, 6) is 1.30. The van der Waals surface area contributed by atoms with E-state index in [-0.39, 0.29) is 22.8 Å². The number of methoxy groups -OCH3 is 1. The van der Waals surface area contributed by atoms with E-state index in [1.807, 2.05) is 48.5 Å². The van der Waals surface area contributed by atoms with Crippen molar-refractivity contribution in [3.05, 3.63) is 103 Å². The van der Waals surface area contributed by atoms with Crippen molar-refractivity contribution in [1.29, 1.82) is 0 Å². The van der Waals surface area contributed by atoms with Crippen molar-refractivity contribution in [2.75, 3.05) is 13.7 Å². The average Bonchev–Trinajstić information content (AvgIpc) is 3.46. The van der Waals surface area contributed by atoms with Crippen molar-refractivity contribution in [1.82, 2.24) is 3.97 Å². The molecule has 0 spiro atoms. The fraction of sp³-hybridized carbons (Fsp3) is 0.207. The molecule has 9 heteroatoms. The van der Waals surface area contributed by atoms with Crippen LogP contribution in [0, 0.1) is 0 Å². The Morgan fingerprint density at radius 1 is 0.763 bits per heavy atom. The molecule has 4 aromatic rings. The van der Waals surface area contributed by atoms with E-state index in [0.29, 0.717) is 18.7 Å². The molecule has 1 heterocycles. The lowest BCUT2D eigenvalue weighted by Gasteiger charge is -2.10. The number of ketones is 1. The number of Topliss-reactive ketones (excluding diaryl/α,β-unsaturated/α-hetero) is 1. The number of nitrogens with zero attached hydrogens (tertiary/aromatic N) is 3. The first kappa shape index (κ1) is 26.8. The van der Waals surface area contributed by atoms with E-state index in [1.54, 1.807) is 37.4 Å². The number of rotatable bonds is 13. The summed E-state index contributed by atoms with van der Waals surface area (Å²) in [5, 5.41) is 8.44. The summed E-state index contributed by atoms with van der Waals surface area (Å²) in [5.41, 5.74) is 1.62. The molecule has 8 nitrogen and oxygen atoms in total. The molecule has 0 radical (unpaired) electrons. The zero-order chi connectivity index (χ0) is 26.8. The third-order valence-corrected chi connectivity index (χ3v) is 7.51. The highest BCUT2D eigenvalue weighted by molar-refractivity contribution is 7.90. The number of hydrogen-bond acceptors (Lipinski definition) is 7. The van der Waals surface area contributed by atoms with Crippen LogP contribution in [0.2, 0.25) is 0 Å². The van der Waals surface area contributed by atoms with E-state index in [9.17, 15) is 13.2 Å². The average molecular weight is 532 g/mol. The first-order valence-corrected chi connectivity index (χ1v) is 13.7. The summed E-state index contributed by atoms with van der Waals surface area (Å²) in [6.07, 6.45) is 3.88. The van der Waals surface area contributed by atoms with Gasteiger partial charge in [0.2, 0.25) is 0 Å². The van der Waals surface area contributed by atoms with E-state index in [4.69, 9.17) is 9.47 Å². The second-order valence-corrected chi connectivity index (χ2v) is 10.3. The molecule has 0 atom stereocenters. The van der Waals surface area contributed by atoms with Crippen molar-refractivity contribution in [2.45, 2.75) is 30.6 Å². The minimum Gasteiger partial charge on any atom is -0.497 e. The lowest BCUT2D eigenvalue weighted by atomic mass is 10.1. The van der Waals surface area contributed by atoms with Crippen LogP contribution in [0.4, 0.5) is 11.4 Å². The molecule has 196 valence electrons. The third-order valence-electron chi connectivity index (χ3n) is 5.81. The molecule has 38 heavy (non-hydrogen) atoms. The molecule has 0 aliphatic heterocycles. The maximum atomic E-state index is 12.9. The molecule has 0 saturated heterocycles. The summed E-state index contributed by atoms with van der Waals surface area (Å²) < 4.78 is 37.8. The molecule has 1 aromatic heterocycles. The van der Waals surface area contributed by atoms with Crippen molar-refractivity contribution < 1.29 is 22.7 Å². The molecule has 0 N–H and O–H groups in total. The lowest BCUT2D eigenvalue weighted by Crippen LogP contribution is -2.17. The molecule has 4 rings (SSSR count). The van der Waals surface area contributed by atoms with E-state index < -0.39 is 10.0 Å². The van der Waals surface area contributed by atoms with Gasteiger partial charge in [0, 0.05) is 12.6 Å². The number of carbonyl (C=O) groups is 1. The van der Waals surface area contributed by atoms with Crippen LogP contribution >= 0.6 is 0 Å². The maximum Gasteiger partial charge on any atom is 0.268 e. The predicted octanol–water partition coefficient (Wildman–Crippen LogP) is 6.97. The molecule has 0 amide bonds. The van der Waals surface area contributed by atoms with Gasteiger partial charge in [-0.05, 0) is 92.1 Å². The van der Waals surface area contributed by atoms with E-state index >= 15 is 0 Å². The Kier molecular flexibility index (Phi) is 9.05. The number of unbranched alkanes of at least 4 members (excludes halogenated alkanes) is 2. The Morgan fingerprint density at radius 3 is 2.03 bits per heavy atom. The van der Waals surface area contributed by atoms with Gasteiger partial charge >= 0.3 is 0 Å². The number of carbonyl (C=O) groups excluding carboxylic acids is 1. The first-order chi connectivity index (χ1) is 18.5. The van der Waals surface area contributed by atoms with Crippen LogP contribution in [0.25, 0.3) is 0 Å². The predicted molar refractivity (Wildman–Crippen MR) is 145 cm³/mol. The smallest absolute Gasteiger partial charge is 0.268 e. The van der Waals surface area contributed by atoms with Crippen molar-refractivity contribution in [3.63, 3.8) is 0 Å². The van der Waals surface area contributed by atoms with E-state index in [1.165, 1.54) is 18.3 Å². The molecule has 0 aliphatic rings. The minimum atomic E-state index is -3.81. The summed E-state index contributed by atoms with van der Waals surface area (Å²) in [4.78, 5) is 12.9. The third kappa shape index (κ3) is 6.95. The number of hydrogen-bond donors (Lipinski definition) is 0. The largest absolute Gasteiger partial charge is 0.497 e. The Hall–Kier alpha value is -4.24. The van der Waals surface area contributed by atoms with Gasteiger partial charge < -0.3 is 9.47 Å². The lowest BCUT2D eigenvalue weighted by molar-refractivity contribution is 0.0972. The Labute approximate surface area is 222 Å². The normalized spacial score (nSPS) is 11.5. The van der Waals surface area contributed by atoms with E-state index in [2.05, 4.69) is 10.2 Å². The van der Waals surface area contributed by atoms with Crippen LogP contribution in [0.15, 0.2) is 112 Å². The molecule has 0 fully saturated rings. The zero-order valence-electron chi connectivity index (χ0n) is 21.1. The van der Waals surface area contributed by atoms with Crippen LogP contribution in [0.5, 0.6) is 11.5 Å². The first-order valence-electron chi connectivity index (χ1n) is 12.3. The number of aromatic nitrogens is 1. The van der Waals surface area contributed by atoms with Gasteiger partial charge in [-0.3, -0.25) is 4.79 Å². The van der Waals surface area contributed by atoms with Crippen molar-refractivity contribution in [3.8, 4) is 11.5 Å². The van der Waals surface area contributed by atoms with Gasteiger partial charge in [-0.15, -0.1) is 0 Å². The molecular formula is C29H29N3O5S. The second kappa shape index (κ2) is 12.8. The highest BCUT2D eigenvalue weighted by Gasteiger charge is 2.22. The minimum absolute atomic E-state index is 0.149.